The lowest BCUT2D eigenvalue weighted by molar-refractivity contribution is 0.211. The molecular formula is C13H11N3O. The van der Waals surface area contributed by atoms with Crippen LogP contribution in [0.3, 0.4) is 0 Å². The number of nitrogens with zero attached hydrogens (tertiary/aromatic N) is 2. The highest BCUT2D eigenvalue weighted by atomic mass is 16.3. The second kappa shape index (κ2) is 3.99. The first-order valence-electron chi connectivity index (χ1n) is 5.36. The van der Waals surface area contributed by atoms with Crippen molar-refractivity contribution in [2.45, 2.75) is 6.10 Å². The number of H-pyrrole nitrogens is 1. The molecule has 4 heteroatoms. The second-order valence-electron chi connectivity index (χ2n) is 3.83. The Labute approximate surface area is 98.0 Å². The zero-order valence-corrected chi connectivity index (χ0v) is 9.04. The van der Waals surface area contributed by atoms with Gasteiger partial charge >= 0.3 is 0 Å². The Bertz CT molecular complexity index is 634. The summed E-state index contributed by atoms with van der Waals surface area (Å²) in [6, 6.07) is 9.60. The number of hydrogen-bond donors (Lipinski definition) is 2. The summed E-state index contributed by atoms with van der Waals surface area (Å²) >= 11 is 0. The molecule has 0 aliphatic heterocycles. The van der Waals surface area contributed by atoms with Crippen LogP contribution < -0.4 is 0 Å². The summed E-state index contributed by atoms with van der Waals surface area (Å²) < 4.78 is 0. The molecule has 0 radical (unpaired) electrons. The lowest BCUT2D eigenvalue weighted by Crippen LogP contribution is -2.01. The van der Waals surface area contributed by atoms with Gasteiger partial charge in [0.05, 0.1) is 5.52 Å². The molecule has 84 valence electrons. The second-order valence-corrected chi connectivity index (χ2v) is 3.83. The van der Waals surface area contributed by atoms with Crippen LogP contribution in [0.4, 0.5) is 0 Å². The van der Waals surface area contributed by atoms with E-state index in [1.54, 1.807) is 18.6 Å². The molecule has 2 aromatic heterocycles. The van der Waals surface area contributed by atoms with Crippen LogP contribution in [0.2, 0.25) is 0 Å². The predicted octanol–water partition coefficient (Wildman–Crippen LogP) is 2.04. The van der Waals surface area contributed by atoms with Gasteiger partial charge in [-0.15, -0.1) is 0 Å². The fourth-order valence-corrected chi connectivity index (χ4v) is 1.84. The molecule has 1 unspecified atom stereocenters. The van der Waals surface area contributed by atoms with E-state index < -0.39 is 6.10 Å². The fourth-order valence-electron chi connectivity index (χ4n) is 1.84. The van der Waals surface area contributed by atoms with Gasteiger partial charge in [-0.3, -0.25) is 4.98 Å². The number of aromatic nitrogens is 3. The smallest absolute Gasteiger partial charge is 0.139 e. The molecule has 4 nitrogen and oxygen atoms in total. The van der Waals surface area contributed by atoms with Gasteiger partial charge in [0.1, 0.15) is 11.9 Å². The molecule has 0 saturated heterocycles. The number of aliphatic hydroxyl groups is 1. The molecule has 0 bridgehead atoms. The summed E-state index contributed by atoms with van der Waals surface area (Å²) in [7, 11) is 0. The zero-order valence-electron chi connectivity index (χ0n) is 9.04. The van der Waals surface area contributed by atoms with Crippen LogP contribution in [-0.4, -0.2) is 20.1 Å². The van der Waals surface area contributed by atoms with E-state index in [0.29, 0.717) is 5.82 Å². The molecule has 0 spiro atoms. The molecule has 0 amide bonds. The van der Waals surface area contributed by atoms with Crippen LogP contribution >= 0.6 is 0 Å². The van der Waals surface area contributed by atoms with Gasteiger partial charge in [0, 0.05) is 24.0 Å². The van der Waals surface area contributed by atoms with Crippen LogP contribution in [-0.2, 0) is 0 Å². The van der Waals surface area contributed by atoms with Crippen molar-refractivity contribution in [3.8, 4) is 0 Å². The van der Waals surface area contributed by atoms with E-state index in [0.717, 1.165) is 16.5 Å². The van der Waals surface area contributed by atoms with Crippen LogP contribution in [0.25, 0.3) is 10.9 Å². The standard InChI is InChI=1S/C13H11N3O/c17-12(13-15-6-7-16-13)10-4-3-9-2-1-5-14-11(9)8-10/h1-8,12,17H,(H,15,16). The average molecular weight is 225 g/mol. The van der Waals surface area contributed by atoms with E-state index in [-0.39, 0.29) is 0 Å². The number of nitrogens with one attached hydrogen (secondary N) is 1. The lowest BCUT2D eigenvalue weighted by Gasteiger charge is -2.08. The summed E-state index contributed by atoms with van der Waals surface area (Å²) in [5.41, 5.74) is 1.65. The monoisotopic (exact) mass is 225 g/mol. The highest BCUT2D eigenvalue weighted by Crippen LogP contribution is 2.22. The third-order valence-electron chi connectivity index (χ3n) is 2.72. The van der Waals surface area contributed by atoms with E-state index in [9.17, 15) is 5.11 Å². The Hall–Kier alpha value is -2.20. The fraction of sp³-hybridized carbons (Fsp3) is 0.0769. The minimum atomic E-state index is -0.739. The van der Waals surface area contributed by atoms with Gasteiger partial charge in [-0.05, 0) is 17.7 Å². The Morgan fingerprint density at radius 1 is 1.12 bits per heavy atom. The molecule has 3 rings (SSSR count). The zero-order chi connectivity index (χ0) is 11.7. The minimum Gasteiger partial charge on any atom is -0.380 e. The van der Waals surface area contributed by atoms with Crippen molar-refractivity contribution in [3.05, 3.63) is 60.3 Å². The van der Waals surface area contributed by atoms with Crippen LogP contribution in [0.15, 0.2) is 48.9 Å². The summed E-state index contributed by atoms with van der Waals surface area (Å²) in [4.78, 5) is 11.2. The summed E-state index contributed by atoms with van der Waals surface area (Å²) in [6.07, 6.45) is 4.32. The Kier molecular flexibility index (Phi) is 2.34. The summed E-state index contributed by atoms with van der Waals surface area (Å²) in [5, 5.41) is 11.2. The van der Waals surface area contributed by atoms with Gasteiger partial charge < -0.3 is 10.1 Å². The molecule has 1 aromatic carbocycles. The van der Waals surface area contributed by atoms with Crippen molar-refractivity contribution in [3.63, 3.8) is 0 Å². The average Bonchev–Trinajstić information content (AvgIpc) is 2.91. The van der Waals surface area contributed by atoms with Gasteiger partial charge in [-0.1, -0.05) is 18.2 Å². The van der Waals surface area contributed by atoms with E-state index in [1.807, 2.05) is 30.3 Å². The van der Waals surface area contributed by atoms with Crippen molar-refractivity contribution >= 4 is 10.9 Å². The number of rotatable bonds is 2. The largest absolute Gasteiger partial charge is 0.380 e. The Balaban J connectivity index is 2.06. The molecule has 0 saturated carbocycles. The molecule has 0 fully saturated rings. The van der Waals surface area contributed by atoms with Crippen molar-refractivity contribution < 1.29 is 5.11 Å². The number of benzene rings is 1. The quantitative estimate of drug-likeness (QED) is 0.701. The minimum absolute atomic E-state index is 0.542. The maximum Gasteiger partial charge on any atom is 0.139 e. The highest BCUT2D eigenvalue weighted by molar-refractivity contribution is 5.79. The first kappa shape index (κ1) is 9.99. The molecular weight excluding hydrogens is 214 g/mol. The molecule has 0 aliphatic rings. The van der Waals surface area contributed by atoms with Gasteiger partial charge in [-0.2, -0.15) is 0 Å². The molecule has 3 aromatic rings. The normalized spacial score (nSPS) is 12.8. The first-order chi connectivity index (χ1) is 8.34. The van der Waals surface area contributed by atoms with Crippen LogP contribution in [0.5, 0.6) is 0 Å². The van der Waals surface area contributed by atoms with E-state index in [1.165, 1.54) is 0 Å². The summed E-state index contributed by atoms with van der Waals surface area (Å²) in [6.45, 7) is 0. The van der Waals surface area contributed by atoms with Crippen molar-refractivity contribution in [2.75, 3.05) is 0 Å². The third kappa shape index (κ3) is 1.79. The van der Waals surface area contributed by atoms with E-state index >= 15 is 0 Å². The number of fused-ring (bicyclic) bond motifs is 1. The number of aromatic amines is 1. The van der Waals surface area contributed by atoms with E-state index in [4.69, 9.17) is 0 Å². The maximum atomic E-state index is 10.1. The van der Waals surface area contributed by atoms with Gasteiger partial charge in [0.15, 0.2) is 0 Å². The molecule has 0 aliphatic carbocycles. The Morgan fingerprint density at radius 3 is 2.88 bits per heavy atom. The molecule has 2 heterocycles. The van der Waals surface area contributed by atoms with Gasteiger partial charge in [-0.25, -0.2) is 4.98 Å². The van der Waals surface area contributed by atoms with Gasteiger partial charge in [0.2, 0.25) is 0 Å². The Morgan fingerprint density at radius 2 is 2.06 bits per heavy atom. The van der Waals surface area contributed by atoms with Crippen LogP contribution in [0, 0.1) is 0 Å². The third-order valence-corrected chi connectivity index (χ3v) is 2.72. The predicted molar refractivity (Wildman–Crippen MR) is 64.4 cm³/mol. The van der Waals surface area contributed by atoms with Crippen molar-refractivity contribution in [1.82, 2.24) is 15.0 Å². The molecule has 2 N–H and O–H groups in total. The lowest BCUT2D eigenvalue weighted by atomic mass is 10.1. The van der Waals surface area contributed by atoms with E-state index in [2.05, 4.69) is 15.0 Å². The summed E-state index contributed by atoms with van der Waals surface area (Å²) in [5.74, 6) is 0.542. The number of imidazole rings is 1. The topological polar surface area (TPSA) is 61.8 Å². The first-order valence-corrected chi connectivity index (χ1v) is 5.36. The van der Waals surface area contributed by atoms with Crippen LogP contribution in [0.1, 0.15) is 17.5 Å². The highest BCUT2D eigenvalue weighted by Gasteiger charge is 2.12. The number of hydrogen-bond acceptors (Lipinski definition) is 3. The SMILES string of the molecule is OC(c1ccc2cccnc2c1)c1ncc[nH]1. The molecule has 1 atom stereocenters. The van der Waals surface area contributed by atoms with Crippen molar-refractivity contribution in [1.29, 1.82) is 0 Å². The maximum absolute atomic E-state index is 10.1. The number of aliphatic hydroxyl groups excluding tert-OH is 1. The molecule has 17 heavy (non-hydrogen) atoms. The number of pyridine rings is 1. The van der Waals surface area contributed by atoms with Gasteiger partial charge in [0.25, 0.3) is 0 Å². The van der Waals surface area contributed by atoms with Crippen molar-refractivity contribution in [2.24, 2.45) is 0 Å².